The van der Waals surface area contributed by atoms with Crippen molar-refractivity contribution in [3.63, 3.8) is 0 Å². The largest absolute Gasteiger partial charge is 0.490 e. The molecule has 0 amide bonds. The van der Waals surface area contributed by atoms with E-state index < -0.39 is 0 Å². The normalized spacial score (nSPS) is 37.3. The lowest BCUT2D eigenvalue weighted by molar-refractivity contribution is 0.195. The summed E-state index contributed by atoms with van der Waals surface area (Å²) in [5.74, 6) is 3.89. The third-order valence-electron chi connectivity index (χ3n) is 4.25. The lowest BCUT2D eigenvalue weighted by atomic mass is 10.0. The Morgan fingerprint density at radius 3 is 2.19 bits per heavy atom. The second-order valence-corrected chi connectivity index (χ2v) is 5.62. The van der Waals surface area contributed by atoms with Crippen LogP contribution in [-0.4, -0.2) is 6.10 Å². The van der Waals surface area contributed by atoms with E-state index in [-0.39, 0.29) is 0 Å². The highest BCUT2D eigenvalue weighted by molar-refractivity contribution is 5.21. The van der Waals surface area contributed by atoms with Crippen LogP contribution in [0.3, 0.4) is 0 Å². The van der Waals surface area contributed by atoms with E-state index in [2.05, 4.69) is 19.1 Å². The first-order valence-corrected chi connectivity index (χ1v) is 6.53. The van der Waals surface area contributed by atoms with Gasteiger partial charge in [0, 0.05) is 0 Å². The van der Waals surface area contributed by atoms with Crippen LogP contribution in [0, 0.1) is 17.8 Å². The zero-order chi connectivity index (χ0) is 11.0. The summed E-state index contributed by atoms with van der Waals surface area (Å²) in [7, 11) is 0. The summed E-state index contributed by atoms with van der Waals surface area (Å²) in [5.41, 5.74) is 0. The molecule has 2 fully saturated rings. The van der Waals surface area contributed by atoms with E-state index in [1.807, 2.05) is 18.2 Å². The van der Waals surface area contributed by atoms with Crippen LogP contribution in [-0.2, 0) is 0 Å². The number of hydrogen-bond acceptors (Lipinski definition) is 1. The van der Waals surface area contributed by atoms with Crippen LogP contribution < -0.4 is 4.74 Å². The summed E-state index contributed by atoms with van der Waals surface area (Å²) >= 11 is 0. The van der Waals surface area contributed by atoms with Gasteiger partial charge >= 0.3 is 0 Å². The van der Waals surface area contributed by atoms with Gasteiger partial charge in [0.05, 0.1) is 6.10 Å². The van der Waals surface area contributed by atoms with Crippen LogP contribution in [0.4, 0.5) is 0 Å². The molecule has 0 N–H and O–H groups in total. The van der Waals surface area contributed by atoms with E-state index in [1.165, 1.54) is 25.7 Å². The Kier molecular flexibility index (Phi) is 2.62. The SMILES string of the molecule is CC1CC2CC(Oc3ccccc3)CC2C1. The number of ether oxygens (including phenoxy) is 1. The average Bonchev–Trinajstić information content (AvgIpc) is 2.76. The first-order chi connectivity index (χ1) is 7.81. The summed E-state index contributed by atoms with van der Waals surface area (Å²) in [6.45, 7) is 2.39. The molecule has 1 aromatic carbocycles. The average molecular weight is 216 g/mol. The minimum atomic E-state index is 0.477. The molecule has 2 aliphatic carbocycles. The van der Waals surface area contributed by atoms with Gasteiger partial charge in [-0.2, -0.15) is 0 Å². The molecule has 0 radical (unpaired) electrons. The second-order valence-electron chi connectivity index (χ2n) is 5.62. The Morgan fingerprint density at radius 2 is 1.56 bits per heavy atom. The minimum Gasteiger partial charge on any atom is -0.490 e. The number of para-hydroxylation sites is 1. The zero-order valence-corrected chi connectivity index (χ0v) is 9.93. The summed E-state index contributed by atoms with van der Waals surface area (Å²) in [4.78, 5) is 0. The predicted octanol–water partition coefficient (Wildman–Crippen LogP) is 3.89. The van der Waals surface area contributed by atoms with Gasteiger partial charge in [-0.25, -0.2) is 0 Å². The summed E-state index contributed by atoms with van der Waals surface area (Å²) in [5, 5.41) is 0. The number of fused-ring (bicyclic) bond motifs is 1. The second kappa shape index (κ2) is 4.12. The molecule has 2 aliphatic rings. The molecule has 1 aromatic rings. The van der Waals surface area contributed by atoms with Gasteiger partial charge in [-0.3, -0.25) is 0 Å². The van der Waals surface area contributed by atoms with E-state index in [9.17, 15) is 0 Å². The van der Waals surface area contributed by atoms with Gasteiger partial charge in [0.1, 0.15) is 5.75 Å². The Hall–Kier alpha value is -0.980. The molecule has 0 bridgehead atoms. The molecule has 1 nitrogen and oxygen atoms in total. The Balaban J connectivity index is 1.60. The molecule has 1 heteroatoms. The highest BCUT2D eigenvalue weighted by Gasteiger charge is 2.40. The topological polar surface area (TPSA) is 9.23 Å². The monoisotopic (exact) mass is 216 g/mol. The van der Waals surface area contributed by atoms with Gasteiger partial charge in [-0.15, -0.1) is 0 Å². The van der Waals surface area contributed by atoms with Crippen molar-refractivity contribution in [2.75, 3.05) is 0 Å². The first-order valence-electron chi connectivity index (χ1n) is 6.53. The summed E-state index contributed by atoms with van der Waals surface area (Å²) in [6, 6.07) is 10.3. The maximum Gasteiger partial charge on any atom is 0.119 e. The molecule has 2 atom stereocenters. The first kappa shape index (κ1) is 10.2. The van der Waals surface area contributed by atoms with Crippen LogP contribution in [0.5, 0.6) is 5.75 Å². The fourth-order valence-corrected chi connectivity index (χ4v) is 3.65. The predicted molar refractivity (Wildman–Crippen MR) is 65.5 cm³/mol. The molecule has 16 heavy (non-hydrogen) atoms. The van der Waals surface area contributed by atoms with E-state index >= 15 is 0 Å². The van der Waals surface area contributed by atoms with Crippen molar-refractivity contribution in [2.24, 2.45) is 17.8 Å². The fraction of sp³-hybridized carbons (Fsp3) is 0.600. The van der Waals surface area contributed by atoms with Gasteiger partial charge in [0.2, 0.25) is 0 Å². The lowest BCUT2D eigenvalue weighted by Gasteiger charge is -2.15. The van der Waals surface area contributed by atoms with Gasteiger partial charge in [-0.05, 0) is 55.6 Å². The van der Waals surface area contributed by atoms with Crippen molar-refractivity contribution >= 4 is 0 Å². The van der Waals surface area contributed by atoms with Crippen molar-refractivity contribution in [2.45, 2.75) is 38.7 Å². The van der Waals surface area contributed by atoms with E-state index in [0.29, 0.717) is 6.10 Å². The number of rotatable bonds is 2. The summed E-state index contributed by atoms with van der Waals surface area (Å²) < 4.78 is 6.05. The van der Waals surface area contributed by atoms with Crippen molar-refractivity contribution in [3.05, 3.63) is 30.3 Å². The molecule has 2 saturated carbocycles. The van der Waals surface area contributed by atoms with Crippen LogP contribution in [0.1, 0.15) is 32.6 Å². The highest BCUT2D eigenvalue weighted by atomic mass is 16.5. The molecule has 3 rings (SSSR count). The standard InChI is InChI=1S/C15H20O/c1-11-7-12-9-15(10-13(12)8-11)16-14-5-3-2-4-6-14/h2-6,11-13,15H,7-10H2,1H3. The zero-order valence-electron chi connectivity index (χ0n) is 9.93. The maximum absolute atomic E-state index is 6.05. The van der Waals surface area contributed by atoms with Crippen molar-refractivity contribution < 1.29 is 4.74 Å². The minimum absolute atomic E-state index is 0.477. The van der Waals surface area contributed by atoms with Crippen molar-refractivity contribution in [3.8, 4) is 5.75 Å². The number of benzene rings is 1. The molecule has 0 spiro atoms. The molecule has 0 aromatic heterocycles. The molecular formula is C15H20O. The summed E-state index contributed by atoms with van der Waals surface area (Å²) in [6.07, 6.45) is 5.90. The molecule has 86 valence electrons. The van der Waals surface area contributed by atoms with Crippen LogP contribution in [0.2, 0.25) is 0 Å². The van der Waals surface area contributed by atoms with Gasteiger partial charge in [-0.1, -0.05) is 25.1 Å². The van der Waals surface area contributed by atoms with Gasteiger partial charge in [0.15, 0.2) is 0 Å². The van der Waals surface area contributed by atoms with E-state index in [1.54, 1.807) is 0 Å². The fourth-order valence-electron chi connectivity index (χ4n) is 3.65. The smallest absolute Gasteiger partial charge is 0.119 e. The number of hydrogen-bond donors (Lipinski definition) is 0. The van der Waals surface area contributed by atoms with Gasteiger partial charge in [0.25, 0.3) is 0 Å². The van der Waals surface area contributed by atoms with Crippen LogP contribution in [0.25, 0.3) is 0 Å². The Labute approximate surface area is 97.8 Å². The molecule has 0 heterocycles. The van der Waals surface area contributed by atoms with Crippen LogP contribution in [0.15, 0.2) is 30.3 Å². The van der Waals surface area contributed by atoms with E-state index in [0.717, 1.165) is 23.5 Å². The van der Waals surface area contributed by atoms with Crippen molar-refractivity contribution in [1.82, 2.24) is 0 Å². The third-order valence-corrected chi connectivity index (χ3v) is 4.25. The third kappa shape index (κ3) is 1.95. The lowest BCUT2D eigenvalue weighted by Crippen LogP contribution is -2.13. The van der Waals surface area contributed by atoms with Crippen LogP contribution >= 0.6 is 0 Å². The highest BCUT2D eigenvalue weighted by Crippen LogP contribution is 2.47. The molecule has 0 saturated heterocycles. The molecular weight excluding hydrogens is 196 g/mol. The van der Waals surface area contributed by atoms with Crippen molar-refractivity contribution in [1.29, 1.82) is 0 Å². The van der Waals surface area contributed by atoms with E-state index in [4.69, 9.17) is 4.74 Å². The Bertz CT molecular complexity index is 332. The molecule has 2 unspecified atom stereocenters. The maximum atomic E-state index is 6.05. The quantitative estimate of drug-likeness (QED) is 0.728. The molecule has 0 aliphatic heterocycles. The van der Waals surface area contributed by atoms with Gasteiger partial charge < -0.3 is 4.74 Å². The Morgan fingerprint density at radius 1 is 0.938 bits per heavy atom.